The fraction of sp³-hybridized carbons (Fsp3) is 0.250. The van der Waals surface area contributed by atoms with Gasteiger partial charge >= 0.3 is 0 Å². The highest BCUT2D eigenvalue weighted by atomic mass is 16.3. The van der Waals surface area contributed by atoms with Crippen LogP contribution in [-0.4, -0.2) is 29.4 Å². The normalized spacial score (nSPS) is 20.9. The largest absolute Gasteiger partial charge is 0.356 e. The maximum Gasteiger partial charge on any atom is 0.258 e. The number of carbonyl (C=O) groups is 1. The predicted molar refractivity (Wildman–Crippen MR) is 46.1 cm³/mol. The van der Waals surface area contributed by atoms with Gasteiger partial charge in [0.15, 0.2) is 0 Å². The third-order valence-corrected chi connectivity index (χ3v) is 2.05. The van der Waals surface area contributed by atoms with E-state index in [1.165, 1.54) is 6.20 Å². The van der Waals surface area contributed by atoms with Gasteiger partial charge in [0.05, 0.1) is 11.3 Å². The topological polar surface area (TPSA) is 65.5 Å². The molecule has 0 fully saturated rings. The minimum atomic E-state index is -0.956. The summed E-state index contributed by atoms with van der Waals surface area (Å²) >= 11 is 0. The number of aliphatic hydroxyl groups is 1. The Kier molecular flexibility index (Phi) is 1.66. The van der Waals surface area contributed by atoms with Crippen molar-refractivity contribution < 1.29 is 9.90 Å². The molecule has 5 heteroatoms. The van der Waals surface area contributed by atoms with E-state index in [-0.39, 0.29) is 5.91 Å². The van der Waals surface area contributed by atoms with Gasteiger partial charge in [-0.3, -0.25) is 9.78 Å². The molecule has 2 heterocycles. The van der Waals surface area contributed by atoms with E-state index in [4.69, 9.17) is 0 Å². The average Bonchev–Trinajstić information content (AvgIpc) is 2.15. The Morgan fingerprint density at radius 3 is 3.23 bits per heavy atom. The van der Waals surface area contributed by atoms with Crippen LogP contribution in [0.1, 0.15) is 10.4 Å². The Morgan fingerprint density at radius 2 is 2.46 bits per heavy atom. The second-order valence-corrected chi connectivity index (χ2v) is 2.85. The van der Waals surface area contributed by atoms with Crippen molar-refractivity contribution in [2.45, 2.75) is 6.35 Å². The Balaban J connectivity index is 2.53. The predicted octanol–water partition coefficient (Wildman–Crippen LogP) is -0.463. The van der Waals surface area contributed by atoms with Gasteiger partial charge in [0.2, 0.25) is 6.35 Å². The SMILES string of the molecule is CN1c2ccncc2C(=O)NC1O. The molecule has 0 aromatic carbocycles. The fourth-order valence-electron chi connectivity index (χ4n) is 1.29. The highest BCUT2D eigenvalue weighted by Gasteiger charge is 2.26. The molecule has 1 aliphatic rings. The Bertz CT molecular complexity index is 353. The Hall–Kier alpha value is -1.62. The van der Waals surface area contributed by atoms with Gasteiger partial charge in [0.1, 0.15) is 0 Å². The number of hydrogen-bond acceptors (Lipinski definition) is 4. The highest BCUT2D eigenvalue weighted by molar-refractivity contribution is 6.01. The highest BCUT2D eigenvalue weighted by Crippen LogP contribution is 2.22. The van der Waals surface area contributed by atoms with Crippen LogP contribution in [0.2, 0.25) is 0 Å². The number of hydrogen-bond donors (Lipinski definition) is 2. The average molecular weight is 179 g/mol. The van der Waals surface area contributed by atoms with Crippen molar-refractivity contribution >= 4 is 11.6 Å². The van der Waals surface area contributed by atoms with E-state index >= 15 is 0 Å². The molecule has 0 bridgehead atoms. The molecule has 0 saturated carbocycles. The van der Waals surface area contributed by atoms with Gasteiger partial charge in [-0.1, -0.05) is 0 Å². The van der Waals surface area contributed by atoms with E-state index in [9.17, 15) is 9.90 Å². The van der Waals surface area contributed by atoms with Crippen LogP contribution in [0.15, 0.2) is 18.5 Å². The first-order chi connectivity index (χ1) is 6.20. The van der Waals surface area contributed by atoms with Gasteiger partial charge in [-0.25, -0.2) is 0 Å². The molecule has 0 saturated heterocycles. The van der Waals surface area contributed by atoms with Crippen molar-refractivity contribution in [2.24, 2.45) is 0 Å². The molecule has 1 atom stereocenters. The maximum absolute atomic E-state index is 11.3. The maximum atomic E-state index is 11.3. The lowest BCUT2D eigenvalue weighted by atomic mass is 10.2. The van der Waals surface area contributed by atoms with Crippen LogP contribution < -0.4 is 10.2 Å². The van der Waals surface area contributed by atoms with E-state index in [1.807, 2.05) is 0 Å². The first-order valence-corrected chi connectivity index (χ1v) is 3.86. The van der Waals surface area contributed by atoms with Gasteiger partial charge in [0.25, 0.3) is 5.91 Å². The number of rotatable bonds is 0. The third kappa shape index (κ3) is 1.13. The minimum absolute atomic E-state index is 0.297. The Labute approximate surface area is 75.0 Å². The molecule has 13 heavy (non-hydrogen) atoms. The summed E-state index contributed by atoms with van der Waals surface area (Å²) in [5.74, 6) is -0.297. The monoisotopic (exact) mass is 179 g/mol. The van der Waals surface area contributed by atoms with E-state index in [1.54, 1.807) is 24.2 Å². The van der Waals surface area contributed by atoms with E-state index in [2.05, 4.69) is 10.3 Å². The standard InChI is InChI=1S/C8H9N3O2/c1-11-6-2-3-9-4-5(6)7(12)10-8(11)13/h2-4,8,13H,1H3,(H,10,12). The number of anilines is 1. The first kappa shape index (κ1) is 8.00. The molecule has 2 N–H and O–H groups in total. The molecule has 2 rings (SSSR count). The molecule has 0 spiro atoms. The summed E-state index contributed by atoms with van der Waals surface area (Å²) in [6.45, 7) is 0. The second kappa shape index (κ2) is 2.70. The molecule has 1 aromatic heterocycles. The molecule has 68 valence electrons. The lowest BCUT2D eigenvalue weighted by molar-refractivity contribution is 0.0757. The zero-order valence-corrected chi connectivity index (χ0v) is 7.06. The van der Waals surface area contributed by atoms with Crippen molar-refractivity contribution in [1.82, 2.24) is 10.3 Å². The summed E-state index contributed by atoms with van der Waals surface area (Å²) < 4.78 is 0. The quantitative estimate of drug-likeness (QED) is 0.565. The van der Waals surface area contributed by atoms with E-state index in [0.29, 0.717) is 11.3 Å². The molecule has 0 radical (unpaired) electrons. The fourth-order valence-corrected chi connectivity index (χ4v) is 1.29. The number of amides is 1. The molecular formula is C8H9N3O2. The number of fused-ring (bicyclic) bond motifs is 1. The van der Waals surface area contributed by atoms with Crippen LogP contribution in [-0.2, 0) is 0 Å². The second-order valence-electron chi connectivity index (χ2n) is 2.85. The number of carbonyl (C=O) groups excluding carboxylic acids is 1. The number of nitrogens with one attached hydrogen (secondary N) is 1. The smallest absolute Gasteiger partial charge is 0.258 e. The third-order valence-electron chi connectivity index (χ3n) is 2.05. The number of nitrogens with zero attached hydrogens (tertiary/aromatic N) is 2. The van der Waals surface area contributed by atoms with Gasteiger partial charge < -0.3 is 15.3 Å². The molecule has 1 aliphatic heterocycles. The van der Waals surface area contributed by atoms with Gasteiger partial charge in [-0.2, -0.15) is 0 Å². The molecule has 1 unspecified atom stereocenters. The van der Waals surface area contributed by atoms with Gasteiger partial charge in [-0.15, -0.1) is 0 Å². The first-order valence-electron chi connectivity index (χ1n) is 3.86. The minimum Gasteiger partial charge on any atom is -0.356 e. The van der Waals surface area contributed by atoms with Gasteiger partial charge in [0, 0.05) is 19.4 Å². The van der Waals surface area contributed by atoms with Crippen LogP contribution in [0.25, 0.3) is 0 Å². The lowest BCUT2D eigenvalue weighted by Crippen LogP contribution is -2.51. The molecule has 1 aromatic rings. The summed E-state index contributed by atoms with van der Waals surface area (Å²) in [5, 5.41) is 11.8. The summed E-state index contributed by atoms with van der Waals surface area (Å²) in [5.41, 5.74) is 1.17. The van der Waals surface area contributed by atoms with Crippen LogP contribution in [0.5, 0.6) is 0 Å². The summed E-state index contributed by atoms with van der Waals surface area (Å²) in [7, 11) is 1.70. The van der Waals surface area contributed by atoms with E-state index in [0.717, 1.165) is 0 Å². The summed E-state index contributed by atoms with van der Waals surface area (Å²) in [6, 6.07) is 1.69. The number of aromatic nitrogens is 1. The van der Waals surface area contributed by atoms with Crippen molar-refractivity contribution in [3.05, 3.63) is 24.0 Å². The zero-order valence-electron chi connectivity index (χ0n) is 7.06. The van der Waals surface area contributed by atoms with Crippen molar-refractivity contribution in [2.75, 3.05) is 11.9 Å². The molecule has 1 amide bonds. The molecule has 5 nitrogen and oxygen atoms in total. The van der Waals surface area contributed by atoms with Crippen LogP contribution in [0.4, 0.5) is 5.69 Å². The zero-order chi connectivity index (χ0) is 9.42. The van der Waals surface area contributed by atoms with Crippen molar-refractivity contribution in [1.29, 1.82) is 0 Å². The number of pyridine rings is 1. The van der Waals surface area contributed by atoms with E-state index < -0.39 is 6.35 Å². The van der Waals surface area contributed by atoms with Gasteiger partial charge in [-0.05, 0) is 6.07 Å². The number of aliphatic hydroxyl groups excluding tert-OH is 1. The van der Waals surface area contributed by atoms with Crippen LogP contribution >= 0.6 is 0 Å². The van der Waals surface area contributed by atoms with Crippen LogP contribution in [0.3, 0.4) is 0 Å². The Morgan fingerprint density at radius 1 is 1.69 bits per heavy atom. The van der Waals surface area contributed by atoms with Crippen molar-refractivity contribution in [3.8, 4) is 0 Å². The molecule has 0 aliphatic carbocycles. The molecular weight excluding hydrogens is 170 g/mol. The van der Waals surface area contributed by atoms with Crippen LogP contribution in [0, 0.1) is 0 Å². The summed E-state index contributed by atoms with van der Waals surface area (Å²) in [4.78, 5) is 16.7. The van der Waals surface area contributed by atoms with Crippen molar-refractivity contribution in [3.63, 3.8) is 0 Å². The summed E-state index contributed by atoms with van der Waals surface area (Å²) in [6.07, 6.45) is 2.11. The lowest BCUT2D eigenvalue weighted by Gasteiger charge is -2.31.